The van der Waals surface area contributed by atoms with Gasteiger partial charge in [0.25, 0.3) is 5.91 Å². The highest BCUT2D eigenvalue weighted by Gasteiger charge is 2.23. The van der Waals surface area contributed by atoms with Gasteiger partial charge in [0.15, 0.2) is 0 Å². The van der Waals surface area contributed by atoms with Crippen molar-refractivity contribution < 1.29 is 9.59 Å². The molecule has 5 nitrogen and oxygen atoms in total. The summed E-state index contributed by atoms with van der Waals surface area (Å²) in [6, 6.07) is 3.56. The first-order chi connectivity index (χ1) is 10.2. The summed E-state index contributed by atoms with van der Waals surface area (Å²) in [5.74, 6) is 0.102. The molecule has 3 heterocycles. The molecule has 0 bridgehead atoms. The third-order valence-corrected chi connectivity index (χ3v) is 5.07. The van der Waals surface area contributed by atoms with Crippen LogP contribution in [0.4, 0.5) is 5.00 Å². The lowest BCUT2D eigenvalue weighted by molar-refractivity contribution is -0.117. The lowest BCUT2D eigenvalue weighted by Crippen LogP contribution is -2.35. The molecule has 0 saturated carbocycles. The Morgan fingerprint density at radius 3 is 2.71 bits per heavy atom. The third kappa shape index (κ3) is 3.44. The highest BCUT2D eigenvalue weighted by molar-refractivity contribution is 7.18. The molecule has 0 unspecified atom stereocenters. The zero-order valence-electron chi connectivity index (χ0n) is 12.1. The highest BCUT2D eigenvalue weighted by atomic mass is 32.1. The predicted molar refractivity (Wildman–Crippen MR) is 83.7 cm³/mol. The van der Waals surface area contributed by atoms with Gasteiger partial charge in [0.05, 0.1) is 15.9 Å². The van der Waals surface area contributed by atoms with Gasteiger partial charge >= 0.3 is 0 Å². The van der Waals surface area contributed by atoms with Gasteiger partial charge in [-0.2, -0.15) is 0 Å². The van der Waals surface area contributed by atoms with E-state index >= 15 is 0 Å². The Bertz CT molecular complexity index is 517. The SMILES string of the molecule is O=C(Nc1ccc(C(=O)N2CCCCC2)s1)[C@@H]1CCCN1. The van der Waals surface area contributed by atoms with E-state index in [4.69, 9.17) is 0 Å². The van der Waals surface area contributed by atoms with Crippen molar-refractivity contribution in [3.05, 3.63) is 17.0 Å². The second kappa shape index (κ2) is 6.58. The van der Waals surface area contributed by atoms with Crippen molar-refractivity contribution in [2.75, 3.05) is 25.0 Å². The molecule has 2 amide bonds. The highest BCUT2D eigenvalue weighted by Crippen LogP contribution is 2.25. The number of thiophene rings is 1. The minimum Gasteiger partial charge on any atom is -0.338 e. The first-order valence-corrected chi connectivity index (χ1v) is 8.49. The smallest absolute Gasteiger partial charge is 0.263 e. The zero-order chi connectivity index (χ0) is 14.7. The van der Waals surface area contributed by atoms with E-state index in [2.05, 4.69) is 10.6 Å². The van der Waals surface area contributed by atoms with Crippen LogP contribution >= 0.6 is 11.3 Å². The molecular formula is C15H21N3O2S. The predicted octanol–water partition coefficient (Wildman–Crippen LogP) is 2.06. The summed E-state index contributed by atoms with van der Waals surface area (Å²) in [7, 11) is 0. The number of carbonyl (C=O) groups is 2. The molecule has 6 heteroatoms. The first kappa shape index (κ1) is 14.5. The Balaban J connectivity index is 1.60. The number of anilines is 1. The Morgan fingerprint density at radius 2 is 2.00 bits per heavy atom. The molecule has 0 radical (unpaired) electrons. The van der Waals surface area contributed by atoms with Gasteiger partial charge in [-0.05, 0) is 50.8 Å². The summed E-state index contributed by atoms with van der Waals surface area (Å²) in [4.78, 5) is 27.0. The largest absolute Gasteiger partial charge is 0.338 e. The fourth-order valence-electron chi connectivity index (χ4n) is 2.89. The molecule has 2 saturated heterocycles. The zero-order valence-corrected chi connectivity index (χ0v) is 12.9. The average molecular weight is 307 g/mol. The fraction of sp³-hybridized carbons (Fsp3) is 0.600. The second-order valence-corrected chi connectivity index (χ2v) is 6.74. The standard InChI is InChI=1S/C15H21N3O2S/c19-14(11-5-4-8-16-11)17-13-7-6-12(21-13)15(20)18-9-2-1-3-10-18/h6-7,11,16H,1-5,8-10H2,(H,17,19)/t11-/m0/s1. The van der Waals surface area contributed by atoms with Crippen LogP contribution in [0.15, 0.2) is 12.1 Å². The second-order valence-electron chi connectivity index (χ2n) is 5.65. The van der Waals surface area contributed by atoms with Crippen molar-refractivity contribution in [3.63, 3.8) is 0 Å². The number of hydrogen-bond donors (Lipinski definition) is 2. The van der Waals surface area contributed by atoms with E-state index in [1.54, 1.807) is 0 Å². The van der Waals surface area contributed by atoms with Crippen molar-refractivity contribution in [1.82, 2.24) is 10.2 Å². The maximum absolute atomic E-state index is 12.4. The Labute approximate surface area is 128 Å². The number of likely N-dealkylation sites (tertiary alicyclic amines) is 1. The van der Waals surface area contributed by atoms with E-state index in [1.807, 2.05) is 17.0 Å². The Hall–Kier alpha value is -1.40. The minimum atomic E-state index is -0.0895. The molecular weight excluding hydrogens is 286 g/mol. The van der Waals surface area contributed by atoms with Crippen molar-refractivity contribution in [3.8, 4) is 0 Å². The number of carbonyl (C=O) groups excluding carboxylic acids is 2. The van der Waals surface area contributed by atoms with Crippen LogP contribution in [-0.4, -0.2) is 42.4 Å². The summed E-state index contributed by atoms with van der Waals surface area (Å²) in [5, 5.41) is 6.84. The number of piperidine rings is 1. The molecule has 2 aliphatic heterocycles. The molecule has 21 heavy (non-hydrogen) atoms. The van der Waals surface area contributed by atoms with Gasteiger partial charge in [-0.3, -0.25) is 9.59 Å². The van der Waals surface area contributed by atoms with Crippen molar-refractivity contribution >= 4 is 28.2 Å². The summed E-state index contributed by atoms with van der Waals surface area (Å²) in [6.45, 7) is 2.61. The van der Waals surface area contributed by atoms with Gasteiger partial charge < -0.3 is 15.5 Å². The van der Waals surface area contributed by atoms with Crippen LogP contribution in [0.3, 0.4) is 0 Å². The first-order valence-electron chi connectivity index (χ1n) is 7.67. The molecule has 114 valence electrons. The minimum absolute atomic E-state index is 0.00585. The number of nitrogens with one attached hydrogen (secondary N) is 2. The van der Waals surface area contributed by atoms with Crippen LogP contribution < -0.4 is 10.6 Å². The molecule has 1 aromatic rings. The van der Waals surface area contributed by atoms with E-state index in [9.17, 15) is 9.59 Å². The van der Waals surface area contributed by atoms with Gasteiger partial charge in [0.2, 0.25) is 5.91 Å². The van der Waals surface area contributed by atoms with Crippen LogP contribution in [0.2, 0.25) is 0 Å². The molecule has 1 atom stereocenters. The Kier molecular flexibility index (Phi) is 4.55. The lowest BCUT2D eigenvalue weighted by atomic mass is 10.1. The summed E-state index contributed by atoms with van der Waals surface area (Å²) in [6.07, 6.45) is 5.32. The van der Waals surface area contributed by atoms with E-state index < -0.39 is 0 Å². The van der Waals surface area contributed by atoms with Crippen LogP contribution in [0.5, 0.6) is 0 Å². The molecule has 2 fully saturated rings. The number of hydrogen-bond acceptors (Lipinski definition) is 4. The summed E-state index contributed by atoms with van der Waals surface area (Å²) in [5.41, 5.74) is 0. The van der Waals surface area contributed by atoms with Gasteiger partial charge in [-0.1, -0.05) is 0 Å². The van der Waals surface area contributed by atoms with Crippen LogP contribution in [-0.2, 0) is 4.79 Å². The van der Waals surface area contributed by atoms with Crippen LogP contribution in [0, 0.1) is 0 Å². The van der Waals surface area contributed by atoms with Gasteiger partial charge in [-0.25, -0.2) is 0 Å². The molecule has 1 aromatic heterocycles. The molecule has 0 spiro atoms. The molecule has 3 rings (SSSR count). The summed E-state index contributed by atoms with van der Waals surface area (Å²) < 4.78 is 0. The lowest BCUT2D eigenvalue weighted by Gasteiger charge is -2.26. The van der Waals surface area contributed by atoms with E-state index in [0.29, 0.717) is 4.88 Å². The van der Waals surface area contributed by atoms with Gasteiger partial charge in [0.1, 0.15) is 0 Å². The number of amides is 2. The van der Waals surface area contributed by atoms with E-state index in [1.165, 1.54) is 17.8 Å². The van der Waals surface area contributed by atoms with E-state index in [0.717, 1.165) is 50.3 Å². The van der Waals surface area contributed by atoms with Gasteiger partial charge in [-0.15, -0.1) is 11.3 Å². The van der Waals surface area contributed by atoms with E-state index in [-0.39, 0.29) is 17.9 Å². The van der Waals surface area contributed by atoms with Crippen molar-refractivity contribution in [1.29, 1.82) is 0 Å². The van der Waals surface area contributed by atoms with Gasteiger partial charge in [0, 0.05) is 13.1 Å². The maximum atomic E-state index is 12.4. The normalized spacial score (nSPS) is 22.3. The quantitative estimate of drug-likeness (QED) is 0.898. The van der Waals surface area contributed by atoms with Crippen LogP contribution in [0.1, 0.15) is 41.8 Å². The topological polar surface area (TPSA) is 61.4 Å². The monoisotopic (exact) mass is 307 g/mol. The molecule has 0 aromatic carbocycles. The van der Waals surface area contributed by atoms with Crippen LogP contribution in [0.25, 0.3) is 0 Å². The molecule has 2 N–H and O–H groups in total. The Morgan fingerprint density at radius 1 is 1.19 bits per heavy atom. The average Bonchev–Trinajstić information content (AvgIpc) is 3.19. The van der Waals surface area contributed by atoms with Crippen molar-refractivity contribution in [2.24, 2.45) is 0 Å². The van der Waals surface area contributed by atoms with Crippen molar-refractivity contribution in [2.45, 2.75) is 38.1 Å². The number of nitrogens with zero attached hydrogens (tertiary/aromatic N) is 1. The molecule has 2 aliphatic rings. The third-order valence-electron chi connectivity index (χ3n) is 4.08. The summed E-state index contributed by atoms with van der Waals surface area (Å²) >= 11 is 1.37. The fourth-order valence-corrected chi connectivity index (χ4v) is 3.77. The molecule has 0 aliphatic carbocycles. The number of rotatable bonds is 3. The maximum Gasteiger partial charge on any atom is 0.263 e.